The normalized spacial score (nSPS) is 12.3. The first-order chi connectivity index (χ1) is 12.7. The van der Waals surface area contributed by atoms with Gasteiger partial charge < -0.3 is 9.40 Å². The molecule has 6 heteroatoms. The predicted octanol–water partition coefficient (Wildman–Crippen LogP) is 4.51. The van der Waals surface area contributed by atoms with E-state index in [0.29, 0.717) is 23.1 Å². The van der Waals surface area contributed by atoms with Gasteiger partial charge >= 0.3 is 0 Å². The molecule has 1 N–H and O–H groups in total. The summed E-state index contributed by atoms with van der Waals surface area (Å²) in [5, 5.41) is 9.17. The Morgan fingerprint density at radius 2 is 1.88 bits per heavy atom. The van der Waals surface area contributed by atoms with E-state index in [2.05, 4.69) is 15.2 Å². The van der Waals surface area contributed by atoms with Crippen molar-refractivity contribution in [2.75, 3.05) is 0 Å². The Hall–Kier alpha value is -2.86. The number of carbonyl (C=O) groups is 1. The van der Waals surface area contributed by atoms with E-state index in [4.69, 9.17) is 4.42 Å². The van der Waals surface area contributed by atoms with Crippen LogP contribution in [0.25, 0.3) is 10.9 Å². The topological polar surface area (TPSA) is 71.8 Å². The summed E-state index contributed by atoms with van der Waals surface area (Å²) in [4.78, 5) is 15.9. The largest absolute Gasteiger partial charge is 0.416 e. The minimum absolute atomic E-state index is 0.0373. The van der Waals surface area contributed by atoms with Crippen LogP contribution in [0.3, 0.4) is 0 Å². The summed E-state index contributed by atoms with van der Waals surface area (Å²) < 4.78 is 5.69. The van der Waals surface area contributed by atoms with E-state index in [-0.39, 0.29) is 11.0 Å². The Kier molecular flexibility index (Phi) is 4.58. The van der Waals surface area contributed by atoms with Gasteiger partial charge in [-0.2, -0.15) is 0 Å². The van der Waals surface area contributed by atoms with E-state index in [1.807, 2.05) is 61.5 Å². The maximum absolute atomic E-state index is 12.8. The molecule has 1 atom stereocenters. The van der Waals surface area contributed by atoms with Crippen LogP contribution in [0, 0.1) is 0 Å². The van der Waals surface area contributed by atoms with Gasteiger partial charge in [0.05, 0.1) is 11.7 Å². The van der Waals surface area contributed by atoms with Gasteiger partial charge in [-0.1, -0.05) is 60.3 Å². The van der Waals surface area contributed by atoms with Crippen LogP contribution >= 0.6 is 11.8 Å². The molecule has 0 bridgehead atoms. The zero-order chi connectivity index (χ0) is 17.9. The quantitative estimate of drug-likeness (QED) is 0.403. The van der Waals surface area contributed by atoms with Crippen LogP contribution in [0.2, 0.25) is 0 Å². The second kappa shape index (κ2) is 7.17. The lowest BCUT2D eigenvalue weighted by Crippen LogP contribution is -2.13. The molecular formula is C20H17N3O2S. The number of carbonyl (C=O) groups excluding carboxylic acids is 1. The van der Waals surface area contributed by atoms with Gasteiger partial charge in [0.15, 0.2) is 5.78 Å². The molecule has 4 rings (SSSR count). The highest BCUT2D eigenvalue weighted by Gasteiger charge is 2.22. The van der Waals surface area contributed by atoms with Crippen molar-refractivity contribution in [3.63, 3.8) is 0 Å². The zero-order valence-electron chi connectivity index (χ0n) is 14.2. The Morgan fingerprint density at radius 1 is 1.12 bits per heavy atom. The number of thioether (sulfide) groups is 1. The molecule has 0 aliphatic heterocycles. The number of benzene rings is 2. The number of rotatable bonds is 6. The maximum atomic E-state index is 12.8. The number of para-hydroxylation sites is 1. The molecule has 26 heavy (non-hydrogen) atoms. The number of ketones is 1. The fraction of sp³-hybridized carbons (Fsp3) is 0.150. The van der Waals surface area contributed by atoms with Crippen LogP contribution in [0.5, 0.6) is 0 Å². The molecule has 0 spiro atoms. The van der Waals surface area contributed by atoms with E-state index in [1.165, 1.54) is 11.8 Å². The van der Waals surface area contributed by atoms with Crippen molar-refractivity contribution >= 4 is 28.4 Å². The van der Waals surface area contributed by atoms with Crippen molar-refractivity contribution in [1.29, 1.82) is 0 Å². The molecule has 2 aromatic carbocycles. The fourth-order valence-electron chi connectivity index (χ4n) is 2.83. The molecule has 0 amide bonds. The van der Waals surface area contributed by atoms with Gasteiger partial charge in [-0.3, -0.25) is 4.79 Å². The number of nitrogens with zero attached hydrogens (tertiary/aromatic N) is 2. The van der Waals surface area contributed by atoms with Crippen LogP contribution in [0.15, 0.2) is 70.4 Å². The Bertz CT molecular complexity index is 1040. The van der Waals surface area contributed by atoms with Crippen molar-refractivity contribution in [2.24, 2.45) is 0 Å². The molecule has 0 aliphatic rings. The molecule has 2 heterocycles. The maximum Gasteiger partial charge on any atom is 0.277 e. The summed E-state index contributed by atoms with van der Waals surface area (Å²) in [7, 11) is 0. The molecule has 0 aliphatic carbocycles. The van der Waals surface area contributed by atoms with Gasteiger partial charge in [0.25, 0.3) is 5.22 Å². The van der Waals surface area contributed by atoms with Crippen LogP contribution in [0.1, 0.15) is 28.7 Å². The number of aromatic nitrogens is 3. The van der Waals surface area contributed by atoms with E-state index in [0.717, 1.165) is 16.5 Å². The van der Waals surface area contributed by atoms with Gasteiger partial charge in [0.1, 0.15) is 0 Å². The van der Waals surface area contributed by atoms with Crippen molar-refractivity contribution in [3.05, 3.63) is 77.8 Å². The lowest BCUT2D eigenvalue weighted by Gasteiger charge is -2.06. The Balaban J connectivity index is 1.46. The van der Waals surface area contributed by atoms with Gasteiger partial charge in [0, 0.05) is 22.7 Å². The number of Topliss-reactive ketones (excluding diaryl/α,β-unsaturated/α-hetero) is 1. The molecule has 1 unspecified atom stereocenters. The van der Waals surface area contributed by atoms with Gasteiger partial charge in [-0.25, -0.2) is 0 Å². The van der Waals surface area contributed by atoms with Gasteiger partial charge in [-0.05, 0) is 18.6 Å². The number of nitrogens with one attached hydrogen (secondary N) is 1. The number of fused-ring (bicyclic) bond motifs is 1. The summed E-state index contributed by atoms with van der Waals surface area (Å²) in [6.45, 7) is 1.86. The van der Waals surface area contributed by atoms with Crippen LogP contribution < -0.4 is 0 Å². The molecule has 2 aromatic heterocycles. The fourth-order valence-corrected chi connectivity index (χ4v) is 3.60. The molecule has 0 saturated heterocycles. The third-order valence-corrected chi connectivity index (χ3v) is 5.08. The Morgan fingerprint density at radius 3 is 2.73 bits per heavy atom. The monoisotopic (exact) mass is 363 g/mol. The molecule has 0 radical (unpaired) electrons. The van der Waals surface area contributed by atoms with E-state index < -0.39 is 0 Å². The van der Waals surface area contributed by atoms with Crippen LogP contribution in [-0.2, 0) is 6.42 Å². The van der Waals surface area contributed by atoms with Crippen molar-refractivity contribution in [1.82, 2.24) is 15.2 Å². The minimum Gasteiger partial charge on any atom is -0.416 e. The predicted molar refractivity (Wildman–Crippen MR) is 101 cm³/mol. The lowest BCUT2D eigenvalue weighted by molar-refractivity contribution is 0.0995. The summed E-state index contributed by atoms with van der Waals surface area (Å²) in [6, 6.07) is 17.7. The first-order valence-electron chi connectivity index (χ1n) is 8.34. The van der Waals surface area contributed by atoms with Gasteiger partial charge in [-0.15, -0.1) is 10.2 Å². The lowest BCUT2D eigenvalue weighted by atomic mass is 10.1. The van der Waals surface area contributed by atoms with Crippen molar-refractivity contribution < 1.29 is 9.21 Å². The minimum atomic E-state index is -0.320. The van der Waals surface area contributed by atoms with Crippen LogP contribution in [0.4, 0.5) is 0 Å². The molecule has 130 valence electrons. The summed E-state index contributed by atoms with van der Waals surface area (Å²) >= 11 is 1.29. The third kappa shape index (κ3) is 3.41. The molecular weight excluding hydrogens is 346 g/mol. The molecule has 0 fully saturated rings. The molecule has 5 nitrogen and oxygen atoms in total. The second-order valence-corrected chi connectivity index (χ2v) is 7.29. The Labute approximate surface area is 154 Å². The first kappa shape index (κ1) is 16.6. The molecule has 0 saturated carbocycles. The smallest absolute Gasteiger partial charge is 0.277 e. The van der Waals surface area contributed by atoms with E-state index >= 15 is 0 Å². The van der Waals surface area contributed by atoms with E-state index in [9.17, 15) is 4.79 Å². The highest BCUT2D eigenvalue weighted by Crippen LogP contribution is 2.27. The first-order valence-corrected chi connectivity index (χ1v) is 9.22. The average Bonchev–Trinajstić information content (AvgIpc) is 3.29. The summed E-state index contributed by atoms with van der Waals surface area (Å²) in [6.07, 6.45) is 2.35. The van der Waals surface area contributed by atoms with E-state index in [1.54, 1.807) is 6.20 Å². The SMILES string of the molecule is CC(Sc1nnc(Cc2ccccc2)o1)C(=O)c1c[nH]c2ccccc12. The number of H-pyrrole nitrogens is 1. The number of aromatic amines is 1. The van der Waals surface area contributed by atoms with Crippen LogP contribution in [-0.4, -0.2) is 26.2 Å². The standard InChI is InChI=1S/C20H17N3O2S/c1-13(19(24)16-12-21-17-10-6-5-9-15(16)17)26-20-23-22-18(25-20)11-14-7-3-2-4-8-14/h2-10,12-13,21H,11H2,1H3. The third-order valence-electron chi connectivity index (χ3n) is 4.15. The summed E-state index contributed by atoms with van der Waals surface area (Å²) in [5.74, 6) is 0.584. The summed E-state index contributed by atoms with van der Waals surface area (Å²) in [5.41, 5.74) is 2.75. The van der Waals surface area contributed by atoms with Crippen molar-refractivity contribution in [3.8, 4) is 0 Å². The number of hydrogen-bond acceptors (Lipinski definition) is 5. The second-order valence-electron chi connectivity index (χ2n) is 6.00. The average molecular weight is 363 g/mol. The zero-order valence-corrected chi connectivity index (χ0v) is 15.0. The van der Waals surface area contributed by atoms with Gasteiger partial charge in [0.2, 0.25) is 5.89 Å². The molecule has 4 aromatic rings. The number of hydrogen-bond donors (Lipinski definition) is 1. The highest BCUT2D eigenvalue weighted by molar-refractivity contribution is 8.00. The highest BCUT2D eigenvalue weighted by atomic mass is 32.2. The van der Waals surface area contributed by atoms with Crippen molar-refractivity contribution in [2.45, 2.75) is 23.8 Å².